The van der Waals surface area contributed by atoms with Gasteiger partial charge in [0.25, 0.3) is 0 Å². The van der Waals surface area contributed by atoms with Gasteiger partial charge in [-0.2, -0.15) is 0 Å². The van der Waals surface area contributed by atoms with Crippen LogP contribution in [-0.4, -0.2) is 28.4 Å². The highest BCUT2D eigenvalue weighted by molar-refractivity contribution is 14.1. The third-order valence-electron chi connectivity index (χ3n) is 4.71. The quantitative estimate of drug-likeness (QED) is 0.131. The Bertz CT molecular complexity index is 1040. The fraction of sp³-hybridized carbons (Fsp3) is 0.192. The summed E-state index contributed by atoms with van der Waals surface area (Å²) in [6, 6.07) is 22.7. The second kappa shape index (κ2) is 12.1. The van der Waals surface area contributed by atoms with Gasteiger partial charge in [0.15, 0.2) is 0 Å². The van der Waals surface area contributed by atoms with E-state index in [1.807, 2.05) is 30.3 Å². The van der Waals surface area contributed by atoms with Crippen molar-refractivity contribution in [3.8, 4) is 11.5 Å². The lowest BCUT2D eigenvalue weighted by molar-refractivity contribution is -0.119. The lowest BCUT2D eigenvalue weighted by atomic mass is 10.0. The van der Waals surface area contributed by atoms with Gasteiger partial charge < -0.3 is 9.47 Å². The Balaban J connectivity index is 1.53. The number of rotatable bonds is 12. The van der Waals surface area contributed by atoms with Gasteiger partial charge in [0, 0.05) is 28.4 Å². The average molecular weight is 542 g/mol. The van der Waals surface area contributed by atoms with E-state index < -0.39 is 11.6 Å². The monoisotopic (exact) mass is 542 g/mol. The van der Waals surface area contributed by atoms with E-state index in [1.165, 1.54) is 0 Å². The van der Waals surface area contributed by atoms with Crippen molar-refractivity contribution in [1.82, 2.24) is 0 Å². The SMILES string of the molecule is O=C(CCI)CCOc1ccc(C(=O)C(=O)c2ccc(OCc3ccccc3)cc2)cc1. The minimum absolute atomic E-state index is 0.160. The summed E-state index contributed by atoms with van der Waals surface area (Å²) < 4.78 is 12.0. The molecule has 0 aliphatic heterocycles. The molecule has 32 heavy (non-hydrogen) atoms. The maximum Gasteiger partial charge on any atom is 0.233 e. The van der Waals surface area contributed by atoms with E-state index in [0.717, 1.165) is 9.99 Å². The van der Waals surface area contributed by atoms with Crippen molar-refractivity contribution < 1.29 is 23.9 Å². The topological polar surface area (TPSA) is 69.7 Å². The van der Waals surface area contributed by atoms with Crippen LogP contribution in [0.3, 0.4) is 0 Å². The van der Waals surface area contributed by atoms with Crippen LogP contribution in [0.1, 0.15) is 39.1 Å². The number of halogens is 1. The molecule has 5 nitrogen and oxygen atoms in total. The summed E-state index contributed by atoms with van der Waals surface area (Å²) in [4.78, 5) is 36.7. The van der Waals surface area contributed by atoms with Gasteiger partial charge in [-0.05, 0) is 54.1 Å². The summed E-state index contributed by atoms with van der Waals surface area (Å²) in [6.45, 7) is 0.717. The molecule has 0 spiro atoms. The zero-order valence-corrected chi connectivity index (χ0v) is 19.6. The summed E-state index contributed by atoms with van der Waals surface area (Å²) >= 11 is 2.16. The third-order valence-corrected chi connectivity index (χ3v) is 5.25. The molecule has 0 atom stereocenters. The van der Waals surface area contributed by atoms with Crippen molar-refractivity contribution in [3.63, 3.8) is 0 Å². The first-order valence-corrected chi connectivity index (χ1v) is 11.8. The van der Waals surface area contributed by atoms with Gasteiger partial charge in [-0.25, -0.2) is 0 Å². The maximum absolute atomic E-state index is 12.6. The first-order valence-electron chi connectivity index (χ1n) is 10.2. The number of carbonyl (C=O) groups is 3. The van der Waals surface area contributed by atoms with E-state index in [0.29, 0.717) is 43.1 Å². The fourth-order valence-corrected chi connectivity index (χ4v) is 3.52. The first kappa shape index (κ1) is 23.7. The van der Waals surface area contributed by atoms with Crippen LogP contribution < -0.4 is 9.47 Å². The summed E-state index contributed by atoms with van der Waals surface area (Å²) in [5.41, 5.74) is 1.63. The number of benzene rings is 3. The fourth-order valence-electron chi connectivity index (χ4n) is 2.92. The van der Waals surface area contributed by atoms with Gasteiger partial charge >= 0.3 is 0 Å². The lowest BCUT2D eigenvalue weighted by Gasteiger charge is -2.08. The Morgan fingerprint density at radius 2 is 1.19 bits per heavy atom. The molecule has 0 heterocycles. The van der Waals surface area contributed by atoms with Crippen molar-refractivity contribution in [2.24, 2.45) is 0 Å². The van der Waals surface area contributed by atoms with Crippen LogP contribution in [0.25, 0.3) is 0 Å². The zero-order chi connectivity index (χ0) is 22.8. The molecule has 0 N–H and O–H groups in total. The van der Waals surface area contributed by atoms with Gasteiger partial charge in [-0.1, -0.05) is 52.9 Å². The number of hydrogen-bond acceptors (Lipinski definition) is 5. The number of Topliss-reactive ketones (excluding diaryl/α,β-unsaturated/α-hetero) is 3. The van der Waals surface area contributed by atoms with E-state index in [9.17, 15) is 14.4 Å². The molecule has 3 aromatic carbocycles. The minimum atomic E-state index is -0.591. The summed E-state index contributed by atoms with van der Waals surface area (Å²) in [5, 5.41) is 0. The second-order valence-electron chi connectivity index (χ2n) is 7.06. The smallest absolute Gasteiger partial charge is 0.233 e. The Morgan fingerprint density at radius 3 is 1.72 bits per heavy atom. The molecule has 0 unspecified atom stereocenters. The van der Waals surface area contributed by atoms with E-state index >= 15 is 0 Å². The molecule has 0 aromatic heterocycles. The normalized spacial score (nSPS) is 10.4. The van der Waals surface area contributed by atoms with E-state index in [2.05, 4.69) is 22.6 Å². The van der Waals surface area contributed by atoms with Crippen molar-refractivity contribution in [3.05, 3.63) is 95.6 Å². The summed E-state index contributed by atoms with van der Waals surface area (Å²) in [7, 11) is 0. The molecular weight excluding hydrogens is 519 g/mol. The predicted molar refractivity (Wildman–Crippen MR) is 131 cm³/mol. The van der Waals surface area contributed by atoms with Gasteiger partial charge in [-0.3, -0.25) is 14.4 Å². The predicted octanol–water partition coefficient (Wildman–Crippen LogP) is 5.49. The lowest BCUT2D eigenvalue weighted by Crippen LogP contribution is -2.14. The molecule has 6 heteroatoms. The molecule has 0 fully saturated rings. The molecule has 0 amide bonds. The van der Waals surface area contributed by atoms with Crippen molar-refractivity contribution in [2.45, 2.75) is 19.4 Å². The molecule has 3 aromatic rings. The summed E-state index contributed by atoms with van der Waals surface area (Å²) in [6.07, 6.45) is 0.896. The number of alkyl halides is 1. The highest BCUT2D eigenvalue weighted by Crippen LogP contribution is 2.18. The van der Waals surface area contributed by atoms with Crippen LogP contribution in [-0.2, 0) is 11.4 Å². The van der Waals surface area contributed by atoms with Crippen LogP contribution in [0.2, 0.25) is 0 Å². The molecule has 0 saturated carbocycles. The third kappa shape index (κ3) is 7.02. The number of hydrogen-bond donors (Lipinski definition) is 0. The summed E-state index contributed by atoms with van der Waals surface area (Å²) in [5.74, 6) is 0.158. The largest absolute Gasteiger partial charge is 0.493 e. The number of ether oxygens (including phenoxy) is 2. The van der Waals surface area contributed by atoms with Crippen molar-refractivity contribution >= 4 is 39.9 Å². The molecule has 0 aliphatic rings. The molecule has 0 aliphatic carbocycles. The maximum atomic E-state index is 12.6. The second-order valence-corrected chi connectivity index (χ2v) is 8.14. The Hall–Kier alpha value is -3.00. The van der Waals surface area contributed by atoms with E-state index in [1.54, 1.807) is 48.5 Å². The Kier molecular flexibility index (Phi) is 8.98. The van der Waals surface area contributed by atoms with Gasteiger partial charge in [-0.15, -0.1) is 0 Å². The van der Waals surface area contributed by atoms with Gasteiger partial charge in [0.1, 0.15) is 23.9 Å². The van der Waals surface area contributed by atoms with Gasteiger partial charge in [0.2, 0.25) is 11.6 Å². The Morgan fingerprint density at radius 1 is 0.656 bits per heavy atom. The molecule has 0 saturated heterocycles. The van der Waals surface area contributed by atoms with Gasteiger partial charge in [0.05, 0.1) is 6.61 Å². The van der Waals surface area contributed by atoms with E-state index in [4.69, 9.17) is 9.47 Å². The van der Waals surface area contributed by atoms with Crippen LogP contribution in [0, 0.1) is 0 Å². The number of carbonyl (C=O) groups excluding carboxylic acids is 3. The van der Waals surface area contributed by atoms with Crippen LogP contribution in [0.15, 0.2) is 78.9 Å². The van der Waals surface area contributed by atoms with Crippen LogP contribution >= 0.6 is 22.6 Å². The van der Waals surface area contributed by atoms with Crippen molar-refractivity contribution in [1.29, 1.82) is 0 Å². The van der Waals surface area contributed by atoms with E-state index in [-0.39, 0.29) is 11.3 Å². The highest BCUT2D eigenvalue weighted by atomic mass is 127. The molecule has 3 rings (SSSR count). The highest BCUT2D eigenvalue weighted by Gasteiger charge is 2.18. The molecule has 0 radical (unpaired) electrons. The Labute approximate surface area is 200 Å². The first-order chi connectivity index (χ1) is 15.6. The average Bonchev–Trinajstić information content (AvgIpc) is 2.83. The van der Waals surface area contributed by atoms with Crippen LogP contribution in [0.4, 0.5) is 0 Å². The van der Waals surface area contributed by atoms with Crippen molar-refractivity contribution in [2.75, 3.05) is 11.0 Å². The molecule has 164 valence electrons. The minimum Gasteiger partial charge on any atom is -0.493 e. The van der Waals surface area contributed by atoms with Crippen LogP contribution in [0.5, 0.6) is 11.5 Å². The molecule has 0 bridgehead atoms. The number of ketones is 3. The zero-order valence-electron chi connectivity index (χ0n) is 17.5. The standard InChI is InChI=1S/C26H23IO5/c27-16-14-22(28)15-17-31-23-10-6-20(7-11-23)25(29)26(30)21-8-12-24(13-9-21)32-18-19-4-2-1-3-5-19/h1-13H,14-18H2. The molecular formula is C26H23IO5.